The normalized spacial score (nSPS) is 13.4. The molecule has 6 nitrogen and oxygen atoms in total. The van der Waals surface area contributed by atoms with Gasteiger partial charge >= 0.3 is 0 Å². The fraction of sp³-hybridized carbons (Fsp3) is 0.455. The lowest BCUT2D eigenvalue weighted by atomic mass is 10.1. The molecular formula is C11H18N2O4S. The van der Waals surface area contributed by atoms with Crippen LogP contribution in [-0.4, -0.2) is 30.9 Å². The largest absolute Gasteiger partial charge is 0.507 e. The average Bonchev–Trinajstić information content (AvgIpc) is 2.23. The van der Waals surface area contributed by atoms with E-state index in [1.807, 2.05) is 0 Å². The van der Waals surface area contributed by atoms with Gasteiger partial charge in [0.05, 0.1) is 11.3 Å². The molecule has 1 aromatic carbocycles. The van der Waals surface area contributed by atoms with Gasteiger partial charge in [-0.1, -0.05) is 6.07 Å². The summed E-state index contributed by atoms with van der Waals surface area (Å²) in [4.78, 5) is 0. The van der Waals surface area contributed by atoms with Gasteiger partial charge in [-0.25, -0.2) is 13.6 Å². The third-order valence-electron chi connectivity index (χ3n) is 2.55. The molecule has 0 saturated carbocycles. The number of aromatic hydroxyl groups is 2. The van der Waals surface area contributed by atoms with E-state index in [2.05, 4.69) is 5.32 Å². The fourth-order valence-corrected chi connectivity index (χ4v) is 2.23. The van der Waals surface area contributed by atoms with Crippen molar-refractivity contribution in [1.29, 1.82) is 0 Å². The molecule has 7 heteroatoms. The first-order chi connectivity index (χ1) is 8.31. The first kappa shape index (κ1) is 14.7. The van der Waals surface area contributed by atoms with Gasteiger partial charge in [-0.3, -0.25) is 0 Å². The highest BCUT2D eigenvalue weighted by molar-refractivity contribution is 7.89. The molecule has 1 rings (SSSR count). The number of phenolic OH excluding ortho intramolecular Hbond substituents is 2. The van der Waals surface area contributed by atoms with Gasteiger partial charge in [0.25, 0.3) is 0 Å². The van der Waals surface area contributed by atoms with Crippen LogP contribution in [0.4, 0.5) is 0 Å². The van der Waals surface area contributed by atoms with Gasteiger partial charge in [-0.15, -0.1) is 0 Å². The van der Waals surface area contributed by atoms with E-state index in [-0.39, 0.29) is 23.3 Å². The number of nitrogens with one attached hydrogen (secondary N) is 1. The standard InChI is InChI=1S/C11H18N2O4S/c1-8(13-6-3-7-18(12,16)17)11-9(14)4-2-5-10(11)15/h2,4-5,8,13-15H,3,6-7H2,1H3,(H2,12,16,17). The molecule has 0 bridgehead atoms. The monoisotopic (exact) mass is 274 g/mol. The molecule has 0 spiro atoms. The Balaban J connectivity index is 2.53. The number of primary sulfonamides is 1. The Kier molecular flexibility index (Phi) is 4.94. The summed E-state index contributed by atoms with van der Waals surface area (Å²) in [7, 11) is -3.44. The summed E-state index contributed by atoms with van der Waals surface area (Å²) < 4.78 is 21.4. The minimum absolute atomic E-state index is 0.00134. The minimum atomic E-state index is -3.44. The molecule has 0 fully saturated rings. The maximum atomic E-state index is 10.7. The quantitative estimate of drug-likeness (QED) is 0.562. The Morgan fingerprint density at radius 1 is 1.33 bits per heavy atom. The average molecular weight is 274 g/mol. The van der Waals surface area contributed by atoms with Crippen LogP contribution in [0.15, 0.2) is 18.2 Å². The first-order valence-electron chi connectivity index (χ1n) is 5.56. The lowest BCUT2D eigenvalue weighted by Gasteiger charge is -2.16. The SMILES string of the molecule is CC(NCCCS(N)(=O)=O)c1c(O)cccc1O. The van der Waals surface area contributed by atoms with Crippen LogP contribution in [0.2, 0.25) is 0 Å². The summed E-state index contributed by atoms with van der Waals surface area (Å²) in [6.07, 6.45) is 0.373. The van der Waals surface area contributed by atoms with Crippen LogP contribution in [0.25, 0.3) is 0 Å². The molecular weight excluding hydrogens is 256 g/mol. The van der Waals surface area contributed by atoms with Crippen molar-refractivity contribution < 1.29 is 18.6 Å². The molecule has 0 aliphatic rings. The van der Waals surface area contributed by atoms with Crippen molar-refractivity contribution in [2.75, 3.05) is 12.3 Å². The lowest BCUT2D eigenvalue weighted by molar-refractivity contribution is 0.419. The van der Waals surface area contributed by atoms with Crippen LogP contribution in [0.5, 0.6) is 11.5 Å². The lowest BCUT2D eigenvalue weighted by Crippen LogP contribution is -2.24. The molecule has 0 radical (unpaired) electrons. The number of nitrogens with two attached hydrogens (primary N) is 1. The molecule has 0 aliphatic heterocycles. The predicted molar refractivity (Wildman–Crippen MR) is 68.8 cm³/mol. The van der Waals surface area contributed by atoms with Crippen LogP contribution >= 0.6 is 0 Å². The van der Waals surface area contributed by atoms with E-state index in [1.165, 1.54) is 12.1 Å². The highest BCUT2D eigenvalue weighted by Crippen LogP contribution is 2.31. The minimum Gasteiger partial charge on any atom is -0.507 e. The Morgan fingerprint density at radius 2 is 1.89 bits per heavy atom. The van der Waals surface area contributed by atoms with E-state index < -0.39 is 10.0 Å². The van der Waals surface area contributed by atoms with E-state index >= 15 is 0 Å². The maximum absolute atomic E-state index is 10.7. The molecule has 1 atom stereocenters. The van der Waals surface area contributed by atoms with Crippen molar-refractivity contribution in [2.24, 2.45) is 5.14 Å². The van der Waals surface area contributed by atoms with Crippen molar-refractivity contribution in [3.8, 4) is 11.5 Å². The van der Waals surface area contributed by atoms with Crippen LogP contribution in [0.3, 0.4) is 0 Å². The highest BCUT2D eigenvalue weighted by atomic mass is 32.2. The number of sulfonamides is 1. The van der Waals surface area contributed by atoms with Gasteiger partial charge < -0.3 is 15.5 Å². The van der Waals surface area contributed by atoms with E-state index in [0.29, 0.717) is 18.5 Å². The summed E-state index contributed by atoms with van der Waals surface area (Å²) in [6.45, 7) is 2.19. The Labute approximate surface area is 106 Å². The molecule has 0 saturated heterocycles. The van der Waals surface area contributed by atoms with Gasteiger partial charge in [0.2, 0.25) is 10.0 Å². The van der Waals surface area contributed by atoms with Crippen LogP contribution < -0.4 is 10.5 Å². The molecule has 0 aromatic heterocycles. The molecule has 1 aromatic rings. The summed E-state index contributed by atoms with van der Waals surface area (Å²) in [5.74, 6) is -0.0951. The van der Waals surface area contributed by atoms with Gasteiger partial charge in [0, 0.05) is 6.04 Å². The topological polar surface area (TPSA) is 113 Å². The van der Waals surface area contributed by atoms with Gasteiger partial charge in [0.1, 0.15) is 11.5 Å². The van der Waals surface area contributed by atoms with Crippen LogP contribution in [0, 0.1) is 0 Å². The maximum Gasteiger partial charge on any atom is 0.209 e. The Hall–Kier alpha value is -1.31. The molecule has 18 heavy (non-hydrogen) atoms. The molecule has 0 amide bonds. The Morgan fingerprint density at radius 3 is 2.39 bits per heavy atom. The highest BCUT2D eigenvalue weighted by Gasteiger charge is 2.14. The van der Waals surface area contributed by atoms with Crippen molar-refractivity contribution >= 4 is 10.0 Å². The molecule has 1 unspecified atom stereocenters. The summed E-state index contributed by atoms with van der Waals surface area (Å²) in [5.41, 5.74) is 0.396. The zero-order valence-corrected chi connectivity index (χ0v) is 10.9. The van der Waals surface area contributed by atoms with Crippen molar-refractivity contribution in [3.05, 3.63) is 23.8 Å². The van der Waals surface area contributed by atoms with Crippen molar-refractivity contribution in [3.63, 3.8) is 0 Å². The number of phenols is 2. The van der Waals surface area contributed by atoms with E-state index in [4.69, 9.17) is 5.14 Å². The van der Waals surface area contributed by atoms with E-state index in [0.717, 1.165) is 0 Å². The second kappa shape index (κ2) is 6.03. The van der Waals surface area contributed by atoms with Crippen LogP contribution in [-0.2, 0) is 10.0 Å². The number of benzene rings is 1. The molecule has 5 N–H and O–H groups in total. The predicted octanol–water partition coefficient (Wildman–Crippen LogP) is 0.427. The molecule has 102 valence electrons. The third-order valence-corrected chi connectivity index (χ3v) is 3.41. The summed E-state index contributed by atoms with van der Waals surface area (Å²) in [6, 6.07) is 4.23. The summed E-state index contributed by atoms with van der Waals surface area (Å²) in [5, 5.41) is 27.2. The Bertz CT molecular complexity index is 482. The zero-order valence-electron chi connectivity index (χ0n) is 10.1. The second-order valence-corrected chi connectivity index (χ2v) is 5.84. The number of hydrogen-bond acceptors (Lipinski definition) is 5. The smallest absolute Gasteiger partial charge is 0.209 e. The van der Waals surface area contributed by atoms with Gasteiger partial charge in [-0.2, -0.15) is 0 Å². The third kappa shape index (κ3) is 4.52. The van der Waals surface area contributed by atoms with E-state index in [1.54, 1.807) is 13.0 Å². The van der Waals surface area contributed by atoms with Crippen LogP contribution in [0.1, 0.15) is 24.9 Å². The fourth-order valence-electron chi connectivity index (χ4n) is 1.68. The number of rotatable bonds is 6. The zero-order chi connectivity index (χ0) is 13.8. The number of hydrogen-bond donors (Lipinski definition) is 4. The second-order valence-electron chi connectivity index (χ2n) is 4.11. The van der Waals surface area contributed by atoms with E-state index in [9.17, 15) is 18.6 Å². The van der Waals surface area contributed by atoms with Gasteiger partial charge in [-0.05, 0) is 32.0 Å². The van der Waals surface area contributed by atoms with Crippen molar-refractivity contribution in [1.82, 2.24) is 5.32 Å². The summed E-state index contributed by atoms with van der Waals surface area (Å²) >= 11 is 0. The molecule has 0 aliphatic carbocycles. The molecule has 0 heterocycles. The first-order valence-corrected chi connectivity index (χ1v) is 7.27. The van der Waals surface area contributed by atoms with Gasteiger partial charge in [0.15, 0.2) is 0 Å². The van der Waals surface area contributed by atoms with Crippen molar-refractivity contribution in [2.45, 2.75) is 19.4 Å².